The van der Waals surface area contributed by atoms with Crippen molar-refractivity contribution in [1.29, 1.82) is 0 Å². The summed E-state index contributed by atoms with van der Waals surface area (Å²) in [6, 6.07) is 4.93. The third-order valence-corrected chi connectivity index (χ3v) is 2.55. The van der Waals surface area contributed by atoms with Crippen LogP contribution in [0.15, 0.2) is 18.2 Å². The number of hydrogen-bond acceptors (Lipinski definition) is 3. The molecular weight excluding hydrogens is 232 g/mol. The predicted molar refractivity (Wildman–Crippen MR) is 69.6 cm³/mol. The zero-order valence-corrected chi connectivity index (χ0v) is 10.8. The van der Waals surface area contributed by atoms with Crippen LogP contribution in [0.1, 0.15) is 18.1 Å². The monoisotopic (exact) mass is 250 g/mol. The second-order valence-corrected chi connectivity index (χ2v) is 4.29. The smallest absolute Gasteiger partial charge is 0.328 e. The molecule has 18 heavy (non-hydrogen) atoms. The standard InChI is InChI=1S/C13H18N2O3/c1-8-4-5-11(9(2)6-8)14-7-12(13(17)18)15-10(3)16/h4-6,12,14H,7H2,1-3H3,(H,15,16)(H,17,18). The second-order valence-electron chi connectivity index (χ2n) is 4.29. The molecule has 0 radical (unpaired) electrons. The number of nitrogens with one attached hydrogen (secondary N) is 2. The molecule has 0 fully saturated rings. The lowest BCUT2D eigenvalue weighted by molar-refractivity contribution is -0.141. The summed E-state index contributed by atoms with van der Waals surface area (Å²) in [5, 5.41) is 14.4. The van der Waals surface area contributed by atoms with E-state index in [1.165, 1.54) is 6.92 Å². The molecule has 0 spiro atoms. The number of carbonyl (C=O) groups excluding carboxylic acids is 1. The van der Waals surface area contributed by atoms with E-state index in [1.54, 1.807) is 0 Å². The molecule has 0 aromatic heterocycles. The van der Waals surface area contributed by atoms with Crippen LogP contribution in [-0.2, 0) is 9.59 Å². The Labute approximate surface area is 106 Å². The van der Waals surface area contributed by atoms with Crippen LogP contribution in [0, 0.1) is 13.8 Å². The molecule has 0 saturated carbocycles. The zero-order valence-electron chi connectivity index (χ0n) is 10.8. The first-order valence-electron chi connectivity index (χ1n) is 5.71. The summed E-state index contributed by atoms with van der Waals surface area (Å²) in [6.45, 7) is 5.39. The lowest BCUT2D eigenvalue weighted by atomic mass is 10.1. The van der Waals surface area contributed by atoms with Crippen LogP contribution < -0.4 is 10.6 Å². The Morgan fingerprint density at radius 1 is 1.33 bits per heavy atom. The minimum atomic E-state index is -1.05. The first-order valence-corrected chi connectivity index (χ1v) is 5.71. The minimum absolute atomic E-state index is 0.152. The van der Waals surface area contributed by atoms with E-state index >= 15 is 0 Å². The van der Waals surface area contributed by atoms with Gasteiger partial charge in [0, 0.05) is 19.2 Å². The molecule has 1 rings (SSSR count). The van der Waals surface area contributed by atoms with Crippen molar-refractivity contribution < 1.29 is 14.7 Å². The van der Waals surface area contributed by atoms with E-state index in [-0.39, 0.29) is 12.5 Å². The minimum Gasteiger partial charge on any atom is -0.480 e. The molecule has 1 atom stereocenters. The van der Waals surface area contributed by atoms with Crippen LogP contribution in [0.2, 0.25) is 0 Å². The van der Waals surface area contributed by atoms with Gasteiger partial charge < -0.3 is 15.7 Å². The fourth-order valence-electron chi connectivity index (χ4n) is 1.67. The molecule has 1 amide bonds. The van der Waals surface area contributed by atoms with Crippen molar-refractivity contribution in [3.05, 3.63) is 29.3 Å². The number of aliphatic carboxylic acids is 1. The molecule has 0 heterocycles. The fraction of sp³-hybridized carbons (Fsp3) is 0.385. The van der Waals surface area contributed by atoms with E-state index in [0.29, 0.717) is 0 Å². The number of aryl methyl sites for hydroxylation is 2. The highest BCUT2D eigenvalue weighted by molar-refractivity contribution is 5.82. The summed E-state index contributed by atoms with van der Waals surface area (Å²) < 4.78 is 0. The Bertz CT molecular complexity index is 458. The summed E-state index contributed by atoms with van der Waals surface area (Å²) in [5.41, 5.74) is 3.06. The van der Waals surface area contributed by atoms with Gasteiger partial charge in [0.05, 0.1) is 0 Å². The SMILES string of the molecule is CC(=O)NC(CNc1ccc(C)cc1C)C(=O)O. The van der Waals surface area contributed by atoms with Crippen LogP contribution in [-0.4, -0.2) is 29.6 Å². The normalized spacial score (nSPS) is 11.7. The number of amides is 1. The zero-order chi connectivity index (χ0) is 13.7. The fourth-order valence-corrected chi connectivity index (χ4v) is 1.67. The molecule has 1 aromatic rings. The van der Waals surface area contributed by atoms with Crippen molar-refractivity contribution >= 4 is 17.6 Å². The molecule has 0 bridgehead atoms. The number of anilines is 1. The average Bonchev–Trinajstić information content (AvgIpc) is 2.25. The highest BCUT2D eigenvalue weighted by atomic mass is 16.4. The molecule has 3 N–H and O–H groups in total. The van der Waals surface area contributed by atoms with Crippen LogP contribution in [0.5, 0.6) is 0 Å². The molecule has 1 aromatic carbocycles. The highest BCUT2D eigenvalue weighted by Crippen LogP contribution is 2.15. The van der Waals surface area contributed by atoms with Crippen molar-refractivity contribution in [1.82, 2.24) is 5.32 Å². The Morgan fingerprint density at radius 3 is 2.50 bits per heavy atom. The van der Waals surface area contributed by atoms with Crippen molar-refractivity contribution in [3.8, 4) is 0 Å². The van der Waals surface area contributed by atoms with Gasteiger partial charge in [-0.3, -0.25) is 4.79 Å². The number of rotatable bonds is 5. The van der Waals surface area contributed by atoms with Gasteiger partial charge in [0.25, 0.3) is 0 Å². The Balaban J connectivity index is 2.66. The highest BCUT2D eigenvalue weighted by Gasteiger charge is 2.17. The van der Waals surface area contributed by atoms with Crippen LogP contribution in [0.3, 0.4) is 0 Å². The molecule has 0 saturated heterocycles. The molecule has 0 aliphatic heterocycles. The van der Waals surface area contributed by atoms with E-state index in [1.807, 2.05) is 32.0 Å². The number of carboxylic acids is 1. The predicted octanol–water partition coefficient (Wildman–Crippen LogP) is 1.30. The van der Waals surface area contributed by atoms with Crippen molar-refractivity contribution in [2.24, 2.45) is 0 Å². The maximum Gasteiger partial charge on any atom is 0.328 e. The van der Waals surface area contributed by atoms with E-state index in [4.69, 9.17) is 5.11 Å². The van der Waals surface area contributed by atoms with Gasteiger partial charge >= 0.3 is 5.97 Å². The maximum absolute atomic E-state index is 10.9. The van der Waals surface area contributed by atoms with Gasteiger partial charge in [-0.15, -0.1) is 0 Å². The summed E-state index contributed by atoms with van der Waals surface area (Å²) in [4.78, 5) is 21.8. The molecule has 5 nitrogen and oxygen atoms in total. The van der Waals surface area contributed by atoms with Gasteiger partial charge in [0.1, 0.15) is 6.04 Å². The van der Waals surface area contributed by atoms with Crippen molar-refractivity contribution in [3.63, 3.8) is 0 Å². The summed E-state index contributed by atoms with van der Waals surface area (Å²) in [5.74, 6) is -1.41. The Hall–Kier alpha value is -2.04. The van der Waals surface area contributed by atoms with Gasteiger partial charge in [-0.1, -0.05) is 17.7 Å². The van der Waals surface area contributed by atoms with Crippen LogP contribution in [0.4, 0.5) is 5.69 Å². The third-order valence-electron chi connectivity index (χ3n) is 2.55. The maximum atomic E-state index is 10.9. The van der Waals surface area contributed by atoms with E-state index < -0.39 is 12.0 Å². The Morgan fingerprint density at radius 2 is 2.00 bits per heavy atom. The van der Waals surface area contributed by atoms with Gasteiger partial charge in [-0.25, -0.2) is 4.79 Å². The van der Waals surface area contributed by atoms with Gasteiger partial charge in [-0.05, 0) is 25.5 Å². The quantitative estimate of drug-likeness (QED) is 0.736. The number of hydrogen-bond donors (Lipinski definition) is 3. The van der Waals surface area contributed by atoms with Crippen molar-refractivity contribution in [2.75, 3.05) is 11.9 Å². The molecule has 0 aliphatic rings. The first-order chi connectivity index (χ1) is 8.40. The number of carbonyl (C=O) groups is 2. The van der Waals surface area contributed by atoms with E-state index in [9.17, 15) is 9.59 Å². The summed E-state index contributed by atoms with van der Waals surface area (Å²) >= 11 is 0. The molecule has 0 aliphatic carbocycles. The van der Waals surface area contributed by atoms with Crippen molar-refractivity contribution in [2.45, 2.75) is 26.8 Å². The van der Waals surface area contributed by atoms with Gasteiger partial charge in [-0.2, -0.15) is 0 Å². The van der Waals surface area contributed by atoms with Gasteiger partial charge in [0.2, 0.25) is 5.91 Å². The second kappa shape index (κ2) is 6.05. The number of carboxylic acid groups (broad SMARTS) is 1. The average molecular weight is 250 g/mol. The number of benzene rings is 1. The Kier molecular flexibility index (Phi) is 4.71. The first kappa shape index (κ1) is 14.0. The van der Waals surface area contributed by atoms with Crippen LogP contribution >= 0.6 is 0 Å². The summed E-state index contributed by atoms with van der Waals surface area (Å²) in [6.07, 6.45) is 0. The van der Waals surface area contributed by atoms with E-state index in [0.717, 1.165) is 16.8 Å². The topological polar surface area (TPSA) is 78.4 Å². The molecule has 5 heteroatoms. The van der Waals surface area contributed by atoms with Gasteiger partial charge in [0.15, 0.2) is 0 Å². The van der Waals surface area contributed by atoms with Crippen LogP contribution in [0.25, 0.3) is 0 Å². The molecular formula is C13H18N2O3. The van der Waals surface area contributed by atoms with E-state index in [2.05, 4.69) is 10.6 Å². The summed E-state index contributed by atoms with van der Waals surface area (Å²) in [7, 11) is 0. The largest absolute Gasteiger partial charge is 0.480 e. The molecule has 1 unspecified atom stereocenters. The lowest BCUT2D eigenvalue weighted by Gasteiger charge is -2.16. The molecule has 98 valence electrons. The third kappa shape index (κ3) is 4.08. The lowest BCUT2D eigenvalue weighted by Crippen LogP contribution is -2.44.